The molecule has 0 radical (unpaired) electrons. The predicted octanol–water partition coefficient (Wildman–Crippen LogP) is 3.92. The van der Waals surface area contributed by atoms with Gasteiger partial charge in [0, 0.05) is 25.6 Å². The van der Waals surface area contributed by atoms with Gasteiger partial charge in [-0.3, -0.25) is 0 Å². The van der Waals surface area contributed by atoms with Crippen LogP contribution in [0.3, 0.4) is 0 Å². The highest BCUT2D eigenvalue weighted by atomic mass is 35.5. The Morgan fingerprint density at radius 1 is 1.30 bits per heavy atom. The zero-order chi connectivity index (χ0) is 14.4. The van der Waals surface area contributed by atoms with Gasteiger partial charge in [-0.05, 0) is 24.5 Å². The Labute approximate surface area is 125 Å². The fourth-order valence-corrected chi connectivity index (χ4v) is 3.36. The molecular weight excluding hydrogens is 277 g/mol. The topological polar surface area (TPSA) is 21.3 Å². The number of benzene rings is 1. The largest absolute Gasteiger partial charge is 0.383 e. The molecule has 0 spiro atoms. The van der Waals surface area contributed by atoms with Gasteiger partial charge in [0.2, 0.25) is 0 Å². The van der Waals surface area contributed by atoms with Crippen molar-refractivity contribution in [2.45, 2.75) is 37.5 Å². The molecule has 112 valence electrons. The van der Waals surface area contributed by atoms with Crippen molar-refractivity contribution in [2.75, 3.05) is 26.8 Å². The number of hydrogen-bond donors (Lipinski definition) is 1. The van der Waals surface area contributed by atoms with Gasteiger partial charge in [-0.25, -0.2) is 4.39 Å². The highest BCUT2D eigenvalue weighted by Crippen LogP contribution is 2.41. The van der Waals surface area contributed by atoms with E-state index in [2.05, 4.69) is 5.32 Å². The number of halogens is 2. The minimum atomic E-state index is -0.246. The van der Waals surface area contributed by atoms with Crippen LogP contribution in [0.5, 0.6) is 0 Å². The molecule has 1 aliphatic rings. The summed E-state index contributed by atoms with van der Waals surface area (Å²) in [4.78, 5) is 0. The Kier molecular flexibility index (Phi) is 5.82. The van der Waals surface area contributed by atoms with Crippen LogP contribution in [-0.2, 0) is 10.2 Å². The first kappa shape index (κ1) is 15.7. The first-order valence-corrected chi connectivity index (χ1v) is 7.71. The quantitative estimate of drug-likeness (QED) is 0.804. The number of ether oxygens (including phenoxy) is 1. The Morgan fingerprint density at radius 2 is 2.05 bits per heavy atom. The standard InChI is InChI=1S/C16H23ClFNO/c1-20-11-10-19-12-16(8-3-2-4-9-16)13-6-5-7-14(17)15(13)18/h5-7,19H,2-4,8-12H2,1H3. The molecular formula is C16H23ClFNO. The van der Waals surface area contributed by atoms with Crippen LogP contribution in [0.15, 0.2) is 18.2 Å². The SMILES string of the molecule is COCCNCC1(c2cccc(Cl)c2F)CCCCC1. The van der Waals surface area contributed by atoms with E-state index in [0.717, 1.165) is 44.3 Å². The lowest BCUT2D eigenvalue weighted by atomic mass is 9.69. The molecule has 2 rings (SSSR count). The fraction of sp³-hybridized carbons (Fsp3) is 0.625. The Hall–Kier alpha value is -0.640. The summed E-state index contributed by atoms with van der Waals surface area (Å²) in [6.07, 6.45) is 5.58. The highest BCUT2D eigenvalue weighted by Gasteiger charge is 2.36. The van der Waals surface area contributed by atoms with Gasteiger partial charge in [0.25, 0.3) is 0 Å². The van der Waals surface area contributed by atoms with Crippen molar-refractivity contribution in [1.82, 2.24) is 5.32 Å². The van der Waals surface area contributed by atoms with Gasteiger partial charge in [-0.1, -0.05) is 43.0 Å². The molecule has 0 saturated heterocycles. The van der Waals surface area contributed by atoms with E-state index in [1.165, 1.54) is 6.42 Å². The predicted molar refractivity (Wildman–Crippen MR) is 80.9 cm³/mol. The van der Waals surface area contributed by atoms with Crippen molar-refractivity contribution in [1.29, 1.82) is 0 Å². The third kappa shape index (κ3) is 3.51. The van der Waals surface area contributed by atoms with Crippen molar-refractivity contribution in [3.8, 4) is 0 Å². The fourth-order valence-electron chi connectivity index (χ4n) is 3.19. The van der Waals surface area contributed by atoms with Crippen LogP contribution in [-0.4, -0.2) is 26.8 Å². The van der Waals surface area contributed by atoms with Crippen LogP contribution in [0.4, 0.5) is 4.39 Å². The third-order valence-corrected chi connectivity index (χ3v) is 4.57. The van der Waals surface area contributed by atoms with Crippen molar-refractivity contribution in [2.24, 2.45) is 0 Å². The number of nitrogens with one attached hydrogen (secondary N) is 1. The molecule has 0 amide bonds. The van der Waals surface area contributed by atoms with E-state index >= 15 is 0 Å². The molecule has 2 nitrogen and oxygen atoms in total. The van der Waals surface area contributed by atoms with Crippen molar-refractivity contribution in [3.05, 3.63) is 34.6 Å². The minimum Gasteiger partial charge on any atom is -0.383 e. The van der Waals surface area contributed by atoms with Crippen LogP contribution < -0.4 is 5.32 Å². The van der Waals surface area contributed by atoms with Gasteiger partial charge in [0.1, 0.15) is 5.82 Å². The molecule has 1 aromatic carbocycles. The molecule has 0 atom stereocenters. The monoisotopic (exact) mass is 299 g/mol. The first-order chi connectivity index (χ1) is 9.69. The molecule has 1 aromatic rings. The Bertz CT molecular complexity index is 432. The third-order valence-electron chi connectivity index (χ3n) is 4.28. The minimum absolute atomic E-state index is 0.124. The number of rotatable bonds is 6. The van der Waals surface area contributed by atoms with Gasteiger partial charge >= 0.3 is 0 Å². The summed E-state index contributed by atoms with van der Waals surface area (Å²) < 4.78 is 19.5. The van der Waals surface area contributed by atoms with E-state index < -0.39 is 0 Å². The van der Waals surface area contributed by atoms with Gasteiger partial charge in [-0.2, -0.15) is 0 Å². The molecule has 4 heteroatoms. The van der Waals surface area contributed by atoms with E-state index in [4.69, 9.17) is 16.3 Å². The molecule has 0 heterocycles. The van der Waals surface area contributed by atoms with Gasteiger partial charge in [0.15, 0.2) is 0 Å². The molecule has 0 aromatic heterocycles. The molecule has 1 aliphatic carbocycles. The summed E-state index contributed by atoms with van der Waals surface area (Å²) in [6.45, 7) is 2.25. The zero-order valence-corrected chi connectivity index (χ0v) is 12.8. The summed E-state index contributed by atoms with van der Waals surface area (Å²) in [5, 5.41) is 3.63. The van der Waals surface area contributed by atoms with Crippen LogP contribution in [0.2, 0.25) is 5.02 Å². The molecule has 0 bridgehead atoms. The second-order valence-electron chi connectivity index (χ2n) is 5.61. The molecule has 1 fully saturated rings. The van der Waals surface area contributed by atoms with Crippen LogP contribution >= 0.6 is 11.6 Å². The molecule has 0 aliphatic heterocycles. The smallest absolute Gasteiger partial charge is 0.145 e. The molecule has 0 unspecified atom stereocenters. The lowest BCUT2D eigenvalue weighted by Gasteiger charge is -2.38. The second kappa shape index (κ2) is 7.39. The van der Waals surface area contributed by atoms with E-state index in [0.29, 0.717) is 6.61 Å². The molecule has 1 N–H and O–H groups in total. The summed E-state index contributed by atoms with van der Waals surface area (Å²) in [5.41, 5.74) is 0.649. The summed E-state index contributed by atoms with van der Waals surface area (Å²) >= 11 is 5.96. The van der Waals surface area contributed by atoms with Gasteiger partial charge in [0.05, 0.1) is 11.6 Å². The van der Waals surface area contributed by atoms with E-state index in [1.807, 2.05) is 12.1 Å². The normalized spacial score (nSPS) is 18.1. The maximum atomic E-state index is 14.4. The van der Waals surface area contributed by atoms with Crippen molar-refractivity contribution < 1.29 is 9.13 Å². The maximum absolute atomic E-state index is 14.4. The van der Waals surface area contributed by atoms with Crippen LogP contribution in [0, 0.1) is 5.82 Å². The molecule has 20 heavy (non-hydrogen) atoms. The zero-order valence-electron chi connectivity index (χ0n) is 12.1. The summed E-state index contributed by atoms with van der Waals surface area (Å²) in [5.74, 6) is -0.246. The van der Waals surface area contributed by atoms with Gasteiger partial charge in [-0.15, -0.1) is 0 Å². The summed E-state index contributed by atoms with van der Waals surface area (Å²) in [7, 11) is 1.69. The highest BCUT2D eigenvalue weighted by molar-refractivity contribution is 6.30. The number of hydrogen-bond acceptors (Lipinski definition) is 2. The van der Waals surface area contributed by atoms with Crippen LogP contribution in [0.25, 0.3) is 0 Å². The van der Waals surface area contributed by atoms with E-state index in [-0.39, 0.29) is 16.3 Å². The second-order valence-corrected chi connectivity index (χ2v) is 6.02. The van der Waals surface area contributed by atoms with Crippen LogP contribution in [0.1, 0.15) is 37.7 Å². The Balaban J connectivity index is 2.19. The van der Waals surface area contributed by atoms with Crippen molar-refractivity contribution in [3.63, 3.8) is 0 Å². The molecule has 1 saturated carbocycles. The lowest BCUT2D eigenvalue weighted by Crippen LogP contribution is -2.41. The van der Waals surface area contributed by atoms with Crippen molar-refractivity contribution >= 4 is 11.6 Å². The van der Waals surface area contributed by atoms with E-state index in [9.17, 15) is 4.39 Å². The Morgan fingerprint density at radius 3 is 2.75 bits per heavy atom. The summed E-state index contributed by atoms with van der Waals surface area (Å²) in [6, 6.07) is 5.37. The maximum Gasteiger partial charge on any atom is 0.145 e. The lowest BCUT2D eigenvalue weighted by molar-refractivity contribution is 0.191. The average molecular weight is 300 g/mol. The van der Waals surface area contributed by atoms with E-state index in [1.54, 1.807) is 13.2 Å². The van der Waals surface area contributed by atoms with Gasteiger partial charge < -0.3 is 10.1 Å². The number of methoxy groups -OCH3 is 1. The first-order valence-electron chi connectivity index (χ1n) is 7.34. The average Bonchev–Trinajstić information content (AvgIpc) is 2.47.